The fourth-order valence-corrected chi connectivity index (χ4v) is 1.98. The molecule has 1 aromatic carbocycles. The fourth-order valence-electron chi connectivity index (χ4n) is 1.98. The van der Waals surface area contributed by atoms with Gasteiger partial charge in [-0.25, -0.2) is 4.79 Å². The molecule has 104 valence electrons. The van der Waals surface area contributed by atoms with Crippen LogP contribution in [-0.2, 0) is 16.0 Å². The largest absolute Gasteiger partial charge is 0.442 e. The Bertz CT molecular complexity index is 548. The van der Waals surface area contributed by atoms with Gasteiger partial charge in [0, 0.05) is 12.6 Å². The second-order valence-corrected chi connectivity index (χ2v) is 4.55. The molecule has 0 spiro atoms. The zero-order valence-electron chi connectivity index (χ0n) is 11.1. The number of carbonyl (C=O) groups excluding carboxylic acids is 2. The smallest absolute Gasteiger partial charge is 0.414 e. The van der Waals surface area contributed by atoms with Gasteiger partial charge in [0.1, 0.15) is 6.10 Å². The first-order chi connectivity index (χ1) is 9.60. The number of carbonyl (C=O) groups is 2. The van der Waals surface area contributed by atoms with Crippen LogP contribution in [0.3, 0.4) is 0 Å². The number of nitrogens with one attached hydrogen (secondary N) is 1. The molecule has 0 aliphatic carbocycles. The van der Waals surface area contributed by atoms with E-state index in [9.17, 15) is 9.59 Å². The van der Waals surface area contributed by atoms with Gasteiger partial charge in [-0.3, -0.25) is 9.69 Å². The Morgan fingerprint density at radius 3 is 2.80 bits per heavy atom. The van der Waals surface area contributed by atoms with Crippen LogP contribution >= 0.6 is 0 Å². The van der Waals surface area contributed by atoms with E-state index < -0.39 is 6.09 Å². The summed E-state index contributed by atoms with van der Waals surface area (Å²) in [7, 11) is 0. The first-order valence-electron chi connectivity index (χ1n) is 6.28. The molecule has 0 aromatic heterocycles. The van der Waals surface area contributed by atoms with Gasteiger partial charge in [-0.2, -0.15) is 5.26 Å². The predicted octanol–water partition coefficient (Wildman–Crippen LogP) is 1.21. The zero-order chi connectivity index (χ0) is 14.5. The van der Waals surface area contributed by atoms with Crippen molar-refractivity contribution < 1.29 is 14.3 Å². The highest BCUT2D eigenvalue weighted by atomic mass is 16.6. The summed E-state index contributed by atoms with van der Waals surface area (Å²) in [5, 5.41) is 11.2. The minimum absolute atomic E-state index is 0.152. The van der Waals surface area contributed by atoms with Crippen molar-refractivity contribution >= 4 is 17.7 Å². The highest BCUT2D eigenvalue weighted by molar-refractivity contribution is 5.89. The van der Waals surface area contributed by atoms with Gasteiger partial charge >= 0.3 is 6.09 Å². The molecule has 0 radical (unpaired) electrons. The molecule has 1 aliphatic rings. The van der Waals surface area contributed by atoms with E-state index in [4.69, 9.17) is 10.00 Å². The van der Waals surface area contributed by atoms with E-state index >= 15 is 0 Å². The van der Waals surface area contributed by atoms with Crippen molar-refractivity contribution in [2.45, 2.75) is 19.4 Å². The molecule has 1 saturated heterocycles. The summed E-state index contributed by atoms with van der Waals surface area (Å²) in [6.45, 7) is 2.13. The van der Waals surface area contributed by atoms with Gasteiger partial charge < -0.3 is 10.1 Å². The molecule has 6 nitrogen and oxygen atoms in total. The van der Waals surface area contributed by atoms with E-state index in [-0.39, 0.29) is 12.0 Å². The van der Waals surface area contributed by atoms with Gasteiger partial charge in [0.2, 0.25) is 5.91 Å². The molecule has 1 aromatic rings. The molecule has 1 aliphatic heterocycles. The summed E-state index contributed by atoms with van der Waals surface area (Å²) in [5.41, 5.74) is 1.63. The Morgan fingerprint density at radius 2 is 2.20 bits per heavy atom. The molecule has 6 heteroatoms. The second-order valence-electron chi connectivity index (χ2n) is 4.55. The first kappa shape index (κ1) is 13.9. The van der Waals surface area contributed by atoms with Crippen molar-refractivity contribution in [3.05, 3.63) is 29.8 Å². The topological polar surface area (TPSA) is 82.4 Å². The third kappa shape index (κ3) is 3.26. The van der Waals surface area contributed by atoms with Crippen LogP contribution in [0.4, 0.5) is 10.5 Å². The number of cyclic esters (lactones) is 1. The highest BCUT2D eigenvalue weighted by Crippen LogP contribution is 2.22. The fraction of sp³-hybridized carbons (Fsp3) is 0.357. The van der Waals surface area contributed by atoms with Gasteiger partial charge in [0.05, 0.1) is 25.6 Å². The summed E-state index contributed by atoms with van der Waals surface area (Å²) in [6.07, 6.45) is -0.422. The summed E-state index contributed by atoms with van der Waals surface area (Å²) in [6, 6.07) is 9.27. The van der Waals surface area contributed by atoms with Crippen molar-refractivity contribution in [3.8, 4) is 6.07 Å². The van der Waals surface area contributed by atoms with Crippen LogP contribution in [0.5, 0.6) is 0 Å². The van der Waals surface area contributed by atoms with Crippen LogP contribution in [0.2, 0.25) is 0 Å². The average Bonchev–Trinajstić information content (AvgIpc) is 2.79. The number of amides is 2. The van der Waals surface area contributed by atoms with Crippen molar-refractivity contribution in [1.29, 1.82) is 5.26 Å². The Morgan fingerprint density at radius 1 is 1.50 bits per heavy atom. The van der Waals surface area contributed by atoms with Gasteiger partial charge in [-0.05, 0) is 17.7 Å². The normalized spacial score (nSPS) is 17.5. The number of benzene rings is 1. The lowest BCUT2D eigenvalue weighted by molar-refractivity contribution is -0.119. The van der Waals surface area contributed by atoms with E-state index in [1.807, 2.05) is 12.1 Å². The molecule has 1 heterocycles. The summed E-state index contributed by atoms with van der Waals surface area (Å²) >= 11 is 0. The quantitative estimate of drug-likeness (QED) is 0.894. The maximum Gasteiger partial charge on any atom is 0.414 e. The lowest BCUT2D eigenvalue weighted by Crippen LogP contribution is -2.33. The van der Waals surface area contributed by atoms with Crippen LogP contribution < -0.4 is 10.2 Å². The lowest BCUT2D eigenvalue weighted by Gasteiger charge is -2.13. The molecule has 20 heavy (non-hydrogen) atoms. The molecule has 1 unspecified atom stereocenters. The molecular weight excluding hydrogens is 258 g/mol. The summed E-state index contributed by atoms with van der Waals surface area (Å²) in [5.74, 6) is -0.152. The van der Waals surface area contributed by atoms with E-state index in [1.165, 1.54) is 11.8 Å². The van der Waals surface area contributed by atoms with Gasteiger partial charge in [-0.1, -0.05) is 12.1 Å². The molecule has 1 fully saturated rings. The number of nitrogens with zero attached hydrogens (tertiary/aromatic N) is 2. The summed E-state index contributed by atoms with van der Waals surface area (Å²) in [4.78, 5) is 24.1. The van der Waals surface area contributed by atoms with Crippen LogP contribution in [0.25, 0.3) is 0 Å². The molecular formula is C14H15N3O3. The minimum atomic E-state index is -0.423. The van der Waals surface area contributed by atoms with Crippen molar-refractivity contribution in [2.75, 3.05) is 18.0 Å². The van der Waals surface area contributed by atoms with Crippen molar-refractivity contribution in [2.24, 2.45) is 0 Å². The van der Waals surface area contributed by atoms with Crippen molar-refractivity contribution in [1.82, 2.24) is 5.32 Å². The third-order valence-corrected chi connectivity index (χ3v) is 2.98. The van der Waals surface area contributed by atoms with Gasteiger partial charge in [-0.15, -0.1) is 0 Å². The Hall–Kier alpha value is -2.55. The monoisotopic (exact) mass is 273 g/mol. The van der Waals surface area contributed by atoms with E-state index in [0.29, 0.717) is 19.5 Å². The number of rotatable bonds is 4. The standard InChI is InChI=1S/C14H15N3O3/c1-10(18)16-8-13-9-17(14(19)20-13)12-4-2-11(3-5-12)6-7-15/h2-5,13H,6,8-9H2,1H3,(H,16,18). The number of anilines is 1. The maximum absolute atomic E-state index is 11.8. The third-order valence-electron chi connectivity index (χ3n) is 2.98. The molecule has 1 atom stereocenters. The van der Waals surface area contributed by atoms with Crippen molar-refractivity contribution in [3.63, 3.8) is 0 Å². The van der Waals surface area contributed by atoms with Crippen LogP contribution in [-0.4, -0.2) is 31.2 Å². The van der Waals surface area contributed by atoms with E-state index in [0.717, 1.165) is 11.3 Å². The Kier molecular flexibility index (Phi) is 4.20. The molecule has 2 amide bonds. The maximum atomic E-state index is 11.8. The Balaban J connectivity index is 2.00. The van der Waals surface area contributed by atoms with Crippen LogP contribution in [0.15, 0.2) is 24.3 Å². The highest BCUT2D eigenvalue weighted by Gasteiger charge is 2.32. The molecule has 2 rings (SSSR count). The van der Waals surface area contributed by atoms with Gasteiger partial charge in [0.15, 0.2) is 0 Å². The Labute approximate surface area is 116 Å². The lowest BCUT2D eigenvalue weighted by atomic mass is 10.1. The zero-order valence-corrected chi connectivity index (χ0v) is 11.1. The minimum Gasteiger partial charge on any atom is -0.442 e. The number of ether oxygens (including phenoxy) is 1. The second kappa shape index (κ2) is 6.06. The van der Waals surface area contributed by atoms with Crippen LogP contribution in [0.1, 0.15) is 12.5 Å². The number of hydrogen-bond acceptors (Lipinski definition) is 4. The SMILES string of the molecule is CC(=O)NCC1CN(c2ccc(CC#N)cc2)C(=O)O1. The molecule has 0 saturated carbocycles. The number of nitriles is 1. The molecule has 1 N–H and O–H groups in total. The van der Waals surface area contributed by atoms with Crippen LogP contribution in [0, 0.1) is 11.3 Å². The molecule has 0 bridgehead atoms. The summed E-state index contributed by atoms with van der Waals surface area (Å²) < 4.78 is 5.18. The van der Waals surface area contributed by atoms with Gasteiger partial charge in [0.25, 0.3) is 0 Å². The van der Waals surface area contributed by atoms with E-state index in [2.05, 4.69) is 11.4 Å². The average molecular weight is 273 g/mol. The predicted molar refractivity (Wildman–Crippen MR) is 72.1 cm³/mol. The van der Waals surface area contributed by atoms with E-state index in [1.54, 1.807) is 12.1 Å². The first-order valence-corrected chi connectivity index (χ1v) is 6.28. The number of hydrogen-bond donors (Lipinski definition) is 1.